The maximum atomic E-state index is 6.45. The topological polar surface area (TPSA) is 24.5 Å². The number of piperidine rings is 1. The van der Waals surface area contributed by atoms with Gasteiger partial charge >= 0.3 is 0 Å². The number of fused-ring (bicyclic) bond motifs is 1. The first kappa shape index (κ1) is 14.2. The molecular weight excluding hydrogens is 272 g/mol. The Morgan fingerprint density at radius 1 is 1.30 bits per heavy atom. The first-order chi connectivity index (χ1) is 9.51. The summed E-state index contributed by atoms with van der Waals surface area (Å²) in [5.74, 6) is 1.03. The smallest absolute Gasteiger partial charge is 0.125 e. The maximum Gasteiger partial charge on any atom is 0.125 e. The molecule has 3 rings (SSSR count). The van der Waals surface area contributed by atoms with Crippen molar-refractivity contribution in [3.05, 3.63) is 28.3 Å². The highest BCUT2D eigenvalue weighted by Gasteiger charge is 2.42. The summed E-state index contributed by atoms with van der Waals surface area (Å²) in [7, 11) is 4.28. The number of rotatable bonds is 1. The monoisotopic (exact) mass is 294 g/mol. The summed E-state index contributed by atoms with van der Waals surface area (Å²) < 4.78 is 6.45. The molecule has 0 aromatic heterocycles. The van der Waals surface area contributed by atoms with Gasteiger partial charge in [0.25, 0.3) is 0 Å². The molecule has 2 heterocycles. The van der Waals surface area contributed by atoms with Gasteiger partial charge in [0.15, 0.2) is 0 Å². The molecule has 0 aliphatic carbocycles. The van der Waals surface area contributed by atoms with Gasteiger partial charge in [0.2, 0.25) is 0 Å². The summed E-state index contributed by atoms with van der Waals surface area (Å²) in [6.45, 7) is 4.13. The highest BCUT2D eigenvalue weighted by atomic mass is 35.5. The minimum absolute atomic E-state index is 0.00649. The Labute approximate surface area is 126 Å². The van der Waals surface area contributed by atoms with Gasteiger partial charge in [-0.3, -0.25) is 0 Å². The summed E-state index contributed by atoms with van der Waals surface area (Å²) in [6.07, 6.45) is 3.21. The first-order valence-electron chi connectivity index (χ1n) is 7.37. The van der Waals surface area contributed by atoms with Gasteiger partial charge in [-0.05, 0) is 64.6 Å². The lowest BCUT2D eigenvalue weighted by molar-refractivity contribution is -0.0118. The summed E-state index contributed by atoms with van der Waals surface area (Å²) in [5.41, 5.74) is 2.32. The van der Waals surface area contributed by atoms with Crippen LogP contribution in [0.2, 0.25) is 5.02 Å². The van der Waals surface area contributed by atoms with E-state index in [0.717, 1.165) is 48.7 Å². The van der Waals surface area contributed by atoms with Crippen LogP contribution in [0.5, 0.6) is 5.75 Å². The molecule has 1 N–H and O–H groups in total. The molecule has 1 saturated heterocycles. The van der Waals surface area contributed by atoms with Gasteiger partial charge in [0, 0.05) is 23.0 Å². The third kappa shape index (κ3) is 2.43. The van der Waals surface area contributed by atoms with E-state index < -0.39 is 0 Å². The van der Waals surface area contributed by atoms with Crippen molar-refractivity contribution in [2.45, 2.75) is 37.8 Å². The van der Waals surface area contributed by atoms with Crippen molar-refractivity contribution in [1.29, 1.82) is 0 Å². The number of benzene rings is 1. The van der Waals surface area contributed by atoms with Crippen LogP contribution in [0.3, 0.4) is 0 Å². The van der Waals surface area contributed by atoms with Crippen LogP contribution in [0.25, 0.3) is 0 Å². The van der Waals surface area contributed by atoms with E-state index >= 15 is 0 Å². The minimum atomic E-state index is -0.00649. The lowest BCUT2D eigenvalue weighted by Gasteiger charge is -2.46. The summed E-state index contributed by atoms with van der Waals surface area (Å²) in [5, 5.41) is 4.26. The van der Waals surface area contributed by atoms with Crippen molar-refractivity contribution in [2.24, 2.45) is 0 Å². The van der Waals surface area contributed by atoms with Crippen LogP contribution < -0.4 is 10.1 Å². The standard InChI is InChI=1S/C16H23ClN2O/c1-11-8-15-12(9-13(11)17)14(19(2)3)10-16(20-15)4-6-18-7-5-16/h8-9,14,18H,4-7,10H2,1-3H3. The van der Waals surface area contributed by atoms with Crippen molar-refractivity contribution >= 4 is 11.6 Å². The summed E-state index contributed by atoms with van der Waals surface area (Å²) in [4.78, 5) is 2.29. The van der Waals surface area contributed by atoms with Crippen molar-refractivity contribution in [2.75, 3.05) is 27.2 Å². The number of ether oxygens (including phenoxy) is 1. The van der Waals surface area contributed by atoms with Crippen molar-refractivity contribution in [1.82, 2.24) is 10.2 Å². The second-order valence-electron chi connectivity index (χ2n) is 6.36. The van der Waals surface area contributed by atoms with E-state index in [1.807, 2.05) is 6.92 Å². The van der Waals surface area contributed by atoms with Gasteiger partial charge in [-0.25, -0.2) is 0 Å². The van der Waals surface area contributed by atoms with E-state index in [0.29, 0.717) is 6.04 Å². The quantitative estimate of drug-likeness (QED) is 0.861. The van der Waals surface area contributed by atoms with E-state index in [4.69, 9.17) is 16.3 Å². The molecular formula is C16H23ClN2O. The van der Waals surface area contributed by atoms with Gasteiger partial charge < -0.3 is 15.0 Å². The molecule has 4 heteroatoms. The predicted octanol–water partition coefficient (Wildman–Crippen LogP) is 3.16. The fourth-order valence-electron chi connectivity index (χ4n) is 3.41. The summed E-state index contributed by atoms with van der Waals surface area (Å²) in [6, 6.07) is 4.58. The van der Waals surface area contributed by atoms with Crippen molar-refractivity contribution in [3.63, 3.8) is 0 Å². The van der Waals surface area contributed by atoms with Crippen LogP contribution in [0.1, 0.15) is 36.4 Å². The molecule has 110 valence electrons. The van der Waals surface area contributed by atoms with Gasteiger partial charge in [-0.15, -0.1) is 0 Å². The lowest BCUT2D eigenvalue weighted by atomic mass is 9.80. The van der Waals surface area contributed by atoms with Crippen LogP contribution in [0.4, 0.5) is 0 Å². The first-order valence-corrected chi connectivity index (χ1v) is 7.75. The van der Waals surface area contributed by atoms with Crippen LogP contribution in [-0.4, -0.2) is 37.7 Å². The number of hydrogen-bond acceptors (Lipinski definition) is 3. The van der Waals surface area contributed by atoms with Crippen LogP contribution in [-0.2, 0) is 0 Å². The highest BCUT2D eigenvalue weighted by Crippen LogP contribution is 2.46. The molecule has 1 atom stereocenters. The van der Waals surface area contributed by atoms with Gasteiger partial charge in [0.1, 0.15) is 11.4 Å². The average Bonchev–Trinajstić information content (AvgIpc) is 2.41. The SMILES string of the molecule is Cc1cc2c(cc1Cl)C(N(C)C)CC1(CCNCC1)O2. The molecule has 1 spiro atoms. The molecule has 1 fully saturated rings. The number of nitrogens with one attached hydrogen (secondary N) is 1. The number of aryl methyl sites for hydroxylation is 1. The molecule has 2 aliphatic rings. The molecule has 2 aliphatic heterocycles. The Kier molecular flexibility index (Phi) is 3.69. The molecule has 3 nitrogen and oxygen atoms in total. The molecule has 0 amide bonds. The minimum Gasteiger partial charge on any atom is -0.487 e. The van der Waals surface area contributed by atoms with E-state index in [-0.39, 0.29) is 5.60 Å². The number of halogens is 1. The van der Waals surface area contributed by atoms with Crippen LogP contribution >= 0.6 is 11.6 Å². The van der Waals surface area contributed by atoms with E-state index in [1.165, 1.54) is 5.56 Å². The van der Waals surface area contributed by atoms with E-state index in [2.05, 4.69) is 36.4 Å². The molecule has 1 aromatic carbocycles. The Bertz CT molecular complexity index is 509. The zero-order valence-corrected chi connectivity index (χ0v) is 13.3. The van der Waals surface area contributed by atoms with E-state index in [9.17, 15) is 0 Å². The van der Waals surface area contributed by atoms with Gasteiger partial charge in [-0.2, -0.15) is 0 Å². The molecule has 20 heavy (non-hydrogen) atoms. The Hall–Kier alpha value is -0.770. The molecule has 1 aromatic rings. The number of nitrogens with zero attached hydrogens (tertiary/aromatic N) is 1. The zero-order valence-electron chi connectivity index (χ0n) is 12.5. The zero-order chi connectivity index (χ0) is 14.3. The Morgan fingerprint density at radius 3 is 2.65 bits per heavy atom. The second-order valence-corrected chi connectivity index (χ2v) is 6.77. The normalized spacial score (nSPS) is 24.6. The van der Waals surface area contributed by atoms with E-state index in [1.54, 1.807) is 0 Å². The average molecular weight is 295 g/mol. The Morgan fingerprint density at radius 2 is 2.00 bits per heavy atom. The predicted molar refractivity (Wildman–Crippen MR) is 82.7 cm³/mol. The number of hydrogen-bond donors (Lipinski definition) is 1. The molecule has 0 saturated carbocycles. The fourth-order valence-corrected chi connectivity index (χ4v) is 3.58. The second kappa shape index (κ2) is 5.21. The van der Waals surface area contributed by atoms with Crippen LogP contribution in [0, 0.1) is 6.92 Å². The third-order valence-corrected chi connectivity index (χ3v) is 5.09. The molecule has 0 bridgehead atoms. The highest BCUT2D eigenvalue weighted by molar-refractivity contribution is 6.31. The fraction of sp³-hybridized carbons (Fsp3) is 0.625. The van der Waals surface area contributed by atoms with Crippen molar-refractivity contribution in [3.8, 4) is 5.75 Å². The molecule has 1 unspecified atom stereocenters. The lowest BCUT2D eigenvalue weighted by Crippen LogP contribution is -2.50. The van der Waals surface area contributed by atoms with Gasteiger partial charge in [0.05, 0.1) is 0 Å². The van der Waals surface area contributed by atoms with Crippen molar-refractivity contribution < 1.29 is 4.74 Å². The Balaban J connectivity index is 2.03. The van der Waals surface area contributed by atoms with Crippen LogP contribution in [0.15, 0.2) is 12.1 Å². The van der Waals surface area contributed by atoms with Gasteiger partial charge in [-0.1, -0.05) is 11.6 Å². The molecule has 0 radical (unpaired) electrons. The summed E-state index contributed by atoms with van der Waals surface area (Å²) >= 11 is 6.31. The third-order valence-electron chi connectivity index (χ3n) is 4.68. The maximum absolute atomic E-state index is 6.45. The largest absolute Gasteiger partial charge is 0.487 e.